The van der Waals surface area contributed by atoms with E-state index in [1.165, 1.54) is 238 Å². The number of hydrogen-bond acceptors (Lipinski definition) is 5. The summed E-state index contributed by atoms with van der Waals surface area (Å²) in [5.74, 6) is 25.2. The molecule has 0 spiro atoms. The van der Waals surface area contributed by atoms with E-state index in [-0.39, 0.29) is 29.7 Å². The molecule has 11 aliphatic carbocycles. The Hall–Kier alpha value is -0.200. The molecular weight excluding hydrogens is 1520 g/mol. The van der Waals surface area contributed by atoms with E-state index in [0.29, 0.717) is 57.3 Å². The molecule has 5 aliphatic heterocycles. The first-order chi connectivity index (χ1) is 55.6. The molecule has 29 atom stereocenters. The van der Waals surface area contributed by atoms with Gasteiger partial charge in [-0.3, -0.25) is 14.7 Å². The molecule has 0 bridgehead atoms. The largest absolute Gasteiger partial charge is 0.370 e. The van der Waals surface area contributed by atoms with Crippen LogP contribution < -0.4 is 0 Å². The first kappa shape index (κ1) is 131. The van der Waals surface area contributed by atoms with E-state index in [1.54, 1.807) is 0 Å². The average Bonchev–Trinajstić information content (AvgIpc) is 0.879. The third kappa shape index (κ3) is 62.2. The minimum absolute atomic E-state index is 0. The van der Waals surface area contributed by atoms with Gasteiger partial charge in [-0.1, -0.05) is 373 Å². The van der Waals surface area contributed by atoms with E-state index in [0.717, 1.165) is 148 Å². The Morgan fingerprint density at radius 2 is 0.408 bits per heavy atom. The fraction of sp³-hybridized carbons (Fsp3) is 1.00. The van der Waals surface area contributed by atoms with Gasteiger partial charge in [0.15, 0.2) is 0 Å². The highest BCUT2D eigenvalue weighted by Crippen LogP contribution is 2.46. The number of piperidine rings is 1. The van der Waals surface area contributed by atoms with Crippen LogP contribution in [0.15, 0.2) is 0 Å². The van der Waals surface area contributed by atoms with Gasteiger partial charge in [-0.25, -0.2) is 0 Å². The van der Waals surface area contributed by atoms with Crippen LogP contribution in [-0.4, -0.2) is 95.0 Å². The number of epoxide rings is 2. The maximum Gasteiger partial charge on any atom is 0.0811 e. The Kier molecular flexibility index (Phi) is 67.1. The van der Waals surface area contributed by atoms with Gasteiger partial charge in [0.25, 0.3) is 0 Å². The predicted molar refractivity (Wildman–Crippen MR) is 574 cm³/mol. The summed E-state index contributed by atoms with van der Waals surface area (Å²) in [4.78, 5) is 7.78. The van der Waals surface area contributed by atoms with Crippen molar-refractivity contribution in [3.8, 4) is 0 Å². The second kappa shape index (κ2) is 64.0. The van der Waals surface area contributed by atoms with Crippen molar-refractivity contribution in [3.63, 3.8) is 0 Å². The smallest absolute Gasteiger partial charge is 0.0811 e. The summed E-state index contributed by atoms with van der Waals surface area (Å²) in [5.41, 5.74) is 2.73. The molecule has 0 aromatic rings. The maximum atomic E-state index is 4.92. The van der Waals surface area contributed by atoms with Crippen LogP contribution >= 0.6 is 0 Å². The average molecular weight is 1770 g/mol. The minimum Gasteiger partial charge on any atom is -0.370 e. The van der Waals surface area contributed by atoms with Gasteiger partial charge in [0.2, 0.25) is 0 Å². The zero-order chi connectivity index (χ0) is 93.1. The fourth-order valence-corrected chi connectivity index (χ4v) is 19.2. The third-order valence-corrected chi connectivity index (χ3v) is 34.2. The molecule has 0 aromatic heterocycles. The van der Waals surface area contributed by atoms with Crippen molar-refractivity contribution in [2.75, 3.05) is 39.3 Å². The van der Waals surface area contributed by atoms with Crippen molar-refractivity contribution in [2.24, 2.45) is 164 Å². The summed E-state index contributed by atoms with van der Waals surface area (Å²) in [6.45, 7) is 110. The van der Waals surface area contributed by atoms with Crippen LogP contribution in [0.25, 0.3) is 0 Å². The summed E-state index contributed by atoms with van der Waals surface area (Å²) in [6.07, 6.45) is 47.5. The molecule has 5 saturated heterocycles. The van der Waals surface area contributed by atoms with Crippen molar-refractivity contribution in [3.05, 3.63) is 0 Å². The quantitative estimate of drug-likeness (QED) is 0.226. The summed E-state index contributed by atoms with van der Waals surface area (Å²) >= 11 is 0. The van der Waals surface area contributed by atoms with E-state index in [9.17, 15) is 0 Å². The van der Waals surface area contributed by atoms with Crippen LogP contribution in [0.3, 0.4) is 0 Å². The molecule has 5 heteroatoms. The van der Waals surface area contributed by atoms with Gasteiger partial charge in [-0.05, 0) is 344 Å². The molecule has 16 rings (SSSR count). The Bertz CT molecular complexity index is 2270. The Morgan fingerprint density at radius 1 is 0.184 bits per heavy atom. The highest BCUT2D eigenvalue weighted by atomic mass is 16.6. The van der Waals surface area contributed by atoms with E-state index >= 15 is 0 Å². The van der Waals surface area contributed by atoms with Crippen molar-refractivity contribution >= 4 is 0 Å². The predicted octanol–water partition coefficient (Wildman–Crippen LogP) is 38.5. The highest BCUT2D eigenvalue weighted by molar-refractivity contribution is 4.90. The van der Waals surface area contributed by atoms with E-state index in [4.69, 9.17) is 9.47 Å². The number of nitrogens with zero attached hydrogens (tertiary/aromatic N) is 3. The van der Waals surface area contributed by atoms with Crippen LogP contribution in [0.4, 0.5) is 0 Å². The minimum atomic E-state index is 0. The van der Waals surface area contributed by atoms with Crippen molar-refractivity contribution < 1.29 is 9.47 Å². The molecule has 0 amide bonds. The molecule has 16 fully saturated rings. The first-order valence-corrected chi connectivity index (χ1v) is 54.1. The molecule has 0 aromatic carbocycles. The lowest BCUT2D eigenvalue weighted by atomic mass is 9.62. The monoisotopic (exact) mass is 1770 g/mol. The van der Waals surface area contributed by atoms with Crippen LogP contribution in [0.1, 0.15) is 533 Å². The normalized spacial score (nSPS) is 37.2. The summed E-state index contributed by atoms with van der Waals surface area (Å²) in [7, 11) is 0. The first-order valence-electron chi connectivity index (χ1n) is 54.1. The van der Waals surface area contributed by atoms with Crippen molar-refractivity contribution in [1.29, 1.82) is 0 Å². The molecule has 3 unspecified atom stereocenters. The van der Waals surface area contributed by atoms with Crippen molar-refractivity contribution in [1.82, 2.24) is 14.7 Å². The number of hydrogen-bond donors (Lipinski definition) is 0. The number of ether oxygens (including phenoxy) is 2. The Balaban J connectivity index is -0.000000628. The Labute approximate surface area is 797 Å². The molecule has 758 valence electrons. The lowest BCUT2D eigenvalue weighted by Gasteiger charge is -2.45. The van der Waals surface area contributed by atoms with Crippen LogP contribution in [0.2, 0.25) is 0 Å². The van der Waals surface area contributed by atoms with Gasteiger partial charge >= 0.3 is 0 Å². The fourth-order valence-electron chi connectivity index (χ4n) is 19.2. The van der Waals surface area contributed by atoms with Crippen LogP contribution in [0, 0.1) is 164 Å². The van der Waals surface area contributed by atoms with Gasteiger partial charge < -0.3 is 9.47 Å². The van der Waals surface area contributed by atoms with E-state index in [1.807, 2.05) is 0 Å². The van der Waals surface area contributed by atoms with Crippen molar-refractivity contribution in [2.45, 2.75) is 574 Å². The highest BCUT2D eigenvalue weighted by Gasteiger charge is 2.38. The lowest BCUT2D eigenvalue weighted by molar-refractivity contribution is 0.0388. The van der Waals surface area contributed by atoms with E-state index in [2.05, 4.69) is 319 Å². The molecule has 16 aliphatic rings. The molecule has 0 N–H and O–H groups in total. The molecule has 5 heterocycles. The van der Waals surface area contributed by atoms with E-state index < -0.39 is 0 Å². The van der Waals surface area contributed by atoms with Crippen LogP contribution in [0.5, 0.6) is 0 Å². The van der Waals surface area contributed by atoms with Gasteiger partial charge in [-0.2, -0.15) is 0 Å². The molecule has 11 saturated carbocycles. The second-order valence-corrected chi connectivity index (χ2v) is 52.8. The summed E-state index contributed by atoms with van der Waals surface area (Å²) in [6, 6.07) is 0. The number of rotatable bonds is 0. The standard InChI is InChI=1S/C13H27N.C11H22.2C9H19N.C9H18.2C8H16.2C7H14.2C6H12.3C5H10.2C4H8O.4CH4/c1-12(2,3)11-8-7-9-14(10-11)13(4,5)6;1-9-6-5-7-10(8-9)11(2,3)4;2*1-8-5-6-10(7-8)9(2,3)4;1-7-5-6-8(7)9(2,3)4;1-7-4-3-5-8(2)6-7;1-7-5-3-4-6-8(7)2;2*1-6-4-3-5-7(6)2;2*1-5-3-4-6(5)2;3*1-4-3-5(4)2;2*1-3-4(2)5-3;;;;/h11H,7-10H2,1-6H3;9-10H,5-8H2,1-4H3;2*8H,5-7H2,1-4H3;7-8H,5-6H2,1-4H3;2*7-8H,3-6H2,1-2H3;2*6-7H,3-5H2,1-2H3;2*5-6H,3-4H2,1-2H3;3*4-5H,3H2,1-2H3;2*3-4H,1-2H3;4*1H4/t;9-,10?;2*8-;7-,8?;2*7-,8+;2*6-,7+;5-,6+;5-,6-;4-,5+;2*4-,5-;2*3-,4+;;;;/m.0101.....1.10....../s1. The molecule has 5 nitrogen and oxygen atoms in total. The zero-order valence-corrected chi connectivity index (χ0v) is 92.1. The number of likely N-dealkylation sites (tertiary alicyclic amines) is 3. The lowest BCUT2D eigenvalue weighted by Crippen LogP contribution is -2.49. The molecule has 125 heavy (non-hydrogen) atoms. The van der Waals surface area contributed by atoms with Gasteiger partial charge in [0.05, 0.1) is 24.4 Å². The van der Waals surface area contributed by atoms with Crippen LogP contribution in [-0.2, 0) is 9.47 Å². The summed E-state index contributed by atoms with van der Waals surface area (Å²) < 4.78 is 9.83. The third-order valence-electron chi connectivity index (χ3n) is 34.2. The molecule has 0 radical (unpaired) electrons. The topological polar surface area (TPSA) is 34.8 Å². The summed E-state index contributed by atoms with van der Waals surface area (Å²) in [5, 5.41) is 0. The van der Waals surface area contributed by atoms with Gasteiger partial charge in [0, 0.05) is 36.3 Å². The SMILES string of the molecule is C.C.C.C.CC(C)(C)C1CCCN(C(C)(C)C)C1.C[C@@H]1CCC1C(C)(C)C.C[C@@H]1CCCC[C@@H]1C.C[C@@H]1CCC[C@@H]1C.C[C@@H]1CCC[C@@H]1C.C[C@@H]1CCC[C@H](C)C1.C[C@@H]1CCN(C(C)(C)C)C1.C[C@@H]1CC[C@@H]1C.C[C@@H]1CC[C@H]1C.C[C@@H]1C[C@@H]1C.C[C@@H]1C[C@H]1C.C[C@@H]1O[C@@H]1C.C[C@@H]1O[C@@H]1C.C[C@H]1CCCC(C(C)(C)C)C1.C[C@H]1CCN(C(C)(C)C)C1.C[C@H]1C[C@@H]1C. The Morgan fingerprint density at radius 3 is 0.536 bits per heavy atom. The maximum absolute atomic E-state index is 4.92. The zero-order valence-electron chi connectivity index (χ0n) is 92.1. The van der Waals surface area contributed by atoms with Gasteiger partial charge in [0.1, 0.15) is 0 Å². The molecular formula is C120H251N3O2. The second-order valence-electron chi connectivity index (χ2n) is 52.8. The van der Waals surface area contributed by atoms with Gasteiger partial charge in [-0.15, -0.1) is 0 Å².